The number of thiazole rings is 1. The molecule has 1 saturated carbocycles. The molecule has 2 aliphatic rings. The second-order valence-electron chi connectivity index (χ2n) is 6.18. The molecular formula is C16H16FN3O3S2. The van der Waals surface area contributed by atoms with Crippen molar-refractivity contribution in [3.63, 3.8) is 0 Å². The Hall–Kier alpha value is -1.84. The van der Waals surface area contributed by atoms with Gasteiger partial charge in [0.2, 0.25) is 10.0 Å². The summed E-state index contributed by atoms with van der Waals surface area (Å²) in [5.74, 6) is -0.771. The molecule has 1 fully saturated rings. The van der Waals surface area contributed by atoms with Gasteiger partial charge in [-0.1, -0.05) is 0 Å². The number of hydrogen-bond donors (Lipinski definition) is 1. The summed E-state index contributed by atoms with van der Waals surface area (Å²) in [5, 5.41) is 2.91. The van der Waals surface area contributed by atoms with Gasteiger partial charge in [0.25, 0.3) is 5.91 Å². The van der Waals surface area contributed by atoms with Gasteiger partial charge in [-0.2, -0.15) is 4.31 Å². The first-order valence-corrected chi connectivity index (χ1v) is 10.3. The fourth-order valence-corrected chi connectivity index (χ4v) is 5.70. The highest BCUT2D eigenvalue weighted by Gasteiger charge is 2.41. The molecule has 0 spiro atoms. The Balaban J connectivity index is 1.48. The topological polar surface area (TPSA) is 79.4 Å². The Morgan fingerprint density at radius 2 is 2.00 bits per heavy atom. The van der Waals surface area contributed by atoms with Gasteiger partial charge in [0.1, 0.15) is 5.82 Å². The van der Waals surface area contributed by atoms with Crippen molar-refractivity contribution in [2.45, 2.75) is 31.1 Å². The van der Waals surface area contributed by atoms with Crippen molar-refractivity contribution >= 4 is 32.4 Å². The van der Waals surface area contributed by atoms with Crippen LogP contribution in [0.25, 0.3) is 0 Å². The summed E-state index contributed by atoms with van der Waals surface area (Å²) < 4.78 is 39.2. The average molecular weight is 381 g/mol. The van der Waals surface area contributed by atoms with Crippen LogP contribution in [0.5, 0.6) is 0 Å². The van der Waals surface area contributed by atoms with Crippen LogP contribution in [0.2, 0.25) is 0 Å². The molecule has 1 amide bonds. The molecule has 1 aliphatic heterocycles. The van der Waals surface area contributed by atoms with E-state index in [0.717, 1.165) is 23.4 Å². The van der Waals surface area contributed by atoms with E-state index in [2.05, 4.69) is 10.3 Å². The van der Waals surface area contributed by atoms with Gasteiger partial charge in [-0.25, -0.2) is 17.8 Å². The molecule has 1 aliphatic carbocycles. The lowest BCUT2D eigenvalue weighted by Crippen LogP contribution is -2.37. The summed E-state index contributed by atoms with van der Waals surface area (Å²) in [6.07, 6.45) is 2.03. The number of sulfonamides is 1. The Morgan fingerprint density at radius 3 is 2.68 bits per heavy atom. The third kappa shape index (κ3) is 3.31. The molecule has 1 N–H and O–H groups in total. The fraction of sp³-hybridized carbons (Fsp3) is 0.375. The highest BCUT2D eigenvalue weighted by molar-refractivity contribution is 7.90. The van der Waals surface area contributed by atoms with Crippen molar-refractivity contribution in [1.29, 1.82) is 0 Å². The zero-order valence-electron chi connectivity index (χ0n) is 13.2. The maximum Gasteiger partial charge on any atom is 0.257 e. The van der Waals surface area contributed by atoms with Gasteiger partial charge >= 0.3 is 0 Å². The van der Waals surface area contributed by atoms with E-state index in [1.807, 2.05) is 0 Å². The van der Waals surface area contributed by atoms with E-state index in [1.54, 1.807) is 0 Å². The number of hydrogen-bond acceptors (Lipinski definition) is 5. The van der Waals surface area contributed by atoms with Crippen LogP contribution in [0, 0.1) is 5.82 Å². The molecule has 2 heterocycles. The molecule has 0 saturated heterocycles. The molecule has 4 rings (SSSR count). The minimum atomic E-state index is -3.20. The normalized spacial score (nSPS) is 18.0. The highest BCUT2D eigenvalue weighted by Crippen LogP contribution is 2.35. The van der Waals surface area contributed by atoms with Gasteiger partial charge in [-0.05, 0) is 37.1 Å². The number of amides is 1. The third-order valence-corrected chi connectivity index (χ3v) is 7.67. The van der Waals surface area contributed by atoms with Crippen LogP contribution in [0.3, 0.4) is 0 Å². The monoisotopic (exact) mass is 381 g/mol. The summed E-state index contributed by atoms with van der Waals surface area (Å²) in [5.41, 5.74) is 1.18. The number of nitrogens with zero attached hydrogens (tertiary/aromatic N) is 2. The van der Waals surface area contributed by atoms with Crippen molar-refractivity contribution < 1.29 is 17.6 Å². The van der Waals surface area contributed by atoms with E-state index in [9.17, 15) is 17.6 Å². The molecule has 0 unspecified atom stereocenters. The van der Waals surface area contributed by atoms with E-state index < -0.39 is 15.8 Å². The van der Waals surface area contributed by atoms with Crippen LogP contribution >= 0.6 is 11.3 Å². The average Bonchev–Trinajstić information content (AvgIpc) is 3.36. The van der Waals surface area contributed by atoms with Crippen LogP contribution in [-0.4, -0.2) is 35.4 Å². The molecule has 132 valence electrons. The lowest BCUT2D eigenvalue weighted by molar-refractivity contribution is 0.102. The molecule has 6 nitrogen and oxygen atoms in total. The maximum absolute atomic E-state index is 12.9. The molecule has 2 aromatic rings. The molecule has 1 aromatic carbocycles. The lowest BCUT2D eigenvalue weighted by atomic mass is 10.2. The van der Waals surface area contributed by atoms with Gasteiger partial charge in [-0.15, -0.1) is 11.3 Å². The number of anilines is 1. The van der Waals surface area contributed by atoms with E-state index in [-0.39, 0.29) is 11.2 Å². The second-order valence-corrected chi connectivity index (χ2v) is 9.47. The zero-order chi connectivity index (χ0) is 17.6. The summed E-state index contributed by atoms with van der Waals surface area (Å²) in [6, 6.07) is 5.26. The van der Waals surface area contributed by atoms with Gasteiger partial charge in [0, 0.05) is 30.0 Å². The van der Waals surface area contributed by atoms with Crippen molar-refractivity contribution in [1.82, 2.24) is 9.29 Å². The largest absolute Gasteiger partial charge is 0.298 e. The van der Waals surface area contributed by atoms with Crippen LogP contribution < -0.4 is 5.32 Å². The van der Waals surface area contributed by atoms with Crippen molar-refractivity contribution in [3.8, 4) is 0 Å². The van der Waals surface area contributed by atoms with Gasteiger partial charge in [0.05, 0.1) is 10.9 Å². The molecule has 0 atom stereocenters. The van der Waals surface area contributed by atoms with E-state index in [0.29, 0.717) is 30.2 Å². The molecule has 25 heavy (non-hydrogen) atoms. The number of fused-ring (bicyclic) bond motifs is 1. The number of aromatic nitrogens is 1. The van der Waals surface area contributed by atoms with E-state index in [4.69, 9.17) is 0 Å². The van der Waals surface area contributed by atoms with Crippen LogP contribution in [0.4, 0.5) is 9.52 Å². The standard InChI is InChI=1S/C16H16FN3O3S2/c17-11-3-1-10(2-4-11)15(21)19-16-18-13-7-8-20(9-14(13)24-16)25(22,23)12-5-6-12/h1-4,12H,5-9H2,(H,18,19,21). The molecule has 1 aromatic heterocycles. The first-order valence-electron chi connectivity index (χ1n) is 7.98. The number of benzene rings is 1. The summed E-state index contributed by atoms with van der Waals surface area (Å²) in [7, 11) is -3.20. The van der Waals surface area contributed by atoms with Crippen molar-refractivity contribution in [3.05, 3.63) is 46.2 Å². The highest BCUT2D eigenvalue weighted by atomic mass is 32.2. The third-order valence-electron chi connectivity index (χ3n) is 4.33. The van der Waals surface area contributed by atoms with Crippen LogP contribution in [0.1, 0.15) is 33.8 Å². The lowest BCUT2D eigenvalue weighted by Gasteiger charge is -2.25. The SMILES string of the molecule is O=C(Nc1nc2c(s1)CN(S(=O)(=O)C1CC1)CC2)c1ccc(F)cc1. The Bertz CT molecular complexity index is 921. The van der Waals surface area contributed by atoms with E-state index in [1.165, 1.54) is 39.9 Å². The minimum absolute atomic E-state index is 0.223. The zero-order valence-corrected chi connectivity index (χ0v) is 14.9. The first kappa shape index (κ1) is 16.6. The van der Waals surface area contributed by atoms with Gasteiger partial charge in [0.15, 0.2) is 5.13 Å². The predicted molar refractivity (Wildman–Crippen MR) is 92.5 cm³/mol. The predicted octanol–water partition coefficient (Wildman–Crippen LogP) is 2.38. The smallest absolute Gasteiger partial charge is 0.257 e. The Kier molecular flexibility index (Phi) is 4.09. The minimum Gasteiger partial charge on any atom is -0.298 e. The molecule has 9 heteroatoms. The first-order chi connectivity index (χ1) is 11.9. The summed E-state index contributed by atoms with van der Waals surface area (Å²) in [4.78, 5) is 17.5. The Labute approximate surface area is 148 Å². The van der Waals surface area contributed by atoms with Crippen molar-refractivity contribution in [2.75, 3.05) is 11.9 Å². The number of nitrogens with one attached hydrogen (secondary N) is 1. The molecular weight excluding hydrogens is 365 g/mol. The summed E-state index contributed by atoms with van der Waals surface area (Å²) in [6.45, 7) is 0.749. The van der Waals surface area contributed by atoms with E-state index >= 15 is 0 Å². The number of halogens is 1. The fourth-order valence-electron chi connectivity index (χ4n) is 2.79. The van der Waals surface area contributed by atoms with Crippen LogP contribution in [-0.2, 0) is 23.0 Å². The quantitative estimate of drug-likeness (QED) is 0.882. The second kappa shape index (κ2) is 6.15. The van der Waals surface area contributed by atoms with Gasteiger partial charge in [-0.3, -0.25) is 10.1 Å². The number of carbonyl (C=O) groups excluding carboxylic acids is 1. The number of carbonyl (C=O) groups is 1. The molecule has 0 bridgehead atoms. The van der Waals surface area contributed by atoms with Gasteiger partial charge < -0.3 is 0 Å². The molecule has 0 radical (unpaired) electrons. The summed E-state index contributed by atoms with van der Waals surface area (Å²) >= 11 is 1.29. The van der Waals surface area contributed by atoms with Crippen molar-refractivity contribution in [2.24, 2.45) is 0 Å². The Morgan fingerprint density at radius 1 is 1.28 bits per heavy atom. The van der Waals surface area contributed by atoms with Crippen LogP contribution in [0.15, 0.2) is 24.3 Å². The maximum atomic E-state index is 12.9. The number of rotatable bonds is 4.